The zero-order valence-corrected chi connectivity index (χ0v) is 12.5. The highest BCUT2D eigenvalue weighted by molar-refractivity contribution is 9.10. The number of rotatable bonds is 3. The lowest BCUT2D eigenvalue weighted by atomic mass is 10.1. The summed E-state index contributed by atoms with van der Waals surface area (Å²) in [5, 5.41) is 13.0. The van der Waals surface area contributed by atoms with Crippen LogP contribution in [-0.2, 0) is 0 Å². The molecule has 5 nitrogen and oxygen atoms in total. The van der Waals surface area contributed by atoms with Crippen LogP contribution >= 0.6 is 15.9 Å². The maximum Gasteiger partial charge on any atom is 0.271 e. The fraction of sp³-hybridized carbons (Fsp3) is 0.0714. The summed E-state index contributed by atoms with van der Waals surface area (Å²) in [6, 6.07) is 8.11. The third kappa shape index (κ3) is 3.43. The van der Waals surface area contributed by atoms with Crippen LogP contribution in [0, 0.1) is 22.9 Å². The fourth-order valence-electron chi connectivity index (χ4n) is 1.73. The molecule has 1 amide bonds. The first-order chi connectivity index (χ1) is 9.88. The van der Waals surface area contributed by atoms with Crippen LogP contribution in [-0.4, -0.2) is 10.8 Å². The number of non-ortho nitro benzene ring substituents is 1. The number of nitro benzene ring substituents is 1. The highest BCUT2D eigenvalue weighted by atomic mass is 79.9. The van der Waals surface area contributed by atoms with Gasteiger partial charge in [0.05, 0.1) is 16.2 Å². The SMILES string of the molecule is Cc1ccc(Br)c(C(=O)Nc2cc([N+](=O)[O-])ccc2F)c1. The van der Waals surface area contributed by atoms with Crippen LogP contribution in [0.5, 0.6) is 0 Å². The number of carbonyl (C=O) groups is 1. The van der Waals surface area contributed by atoms with Crippen molar-refractivity contribution < 1.29 is 14.1 Å². The van der Waals surface area contributed by atoms with Crippen LogP contribution in [0.25, 0.3) is 0 Å². The molecule has 21 heavy (non-hydrogen) atoms. The molecular weight excluding hydrogens is 343 g/mol. The molecule has 0 heterocycles. The minimum Gasteiger partial charge on any atom is -0.319 e. The van der Waals surface area contributed by atoms with E-state index < -0.39 is 16.6 Å². The Bertz CT molecular complexity index is 734. The number of nitro groups is 1. The van der Waals surface area contributed by atoms with Gasteiger partial charge in [-0.1, -0.05) is 11.6 Å². The van der Waals surface area contributed by atoms with Crippen LogP contribution in [0.3, 0.4) is 0 Å². The molecule has 0 unspecified atom stereocenters. The van der Waals surface area contributed by atoms with Crippen LogP contribution < -0.4 is 5.32 Å². The molecule has 0 radical (unpaired) electrons. The molecule has 0 aliphatic carbocycles. The number of hydrogen-bond donors (Lipinski definition) is 1. The van der Waals surface area contributed by atoms with Crippen molar-refractivity contribution in [2.24, 2.45) is 0 Å². The summed E-state index contributed by atoms with van der Waals surface area (Å²) in [4.78, 5) is 22.2. The Hall–Kier alpha value is -2.28. The summed E-state index contributed by atoms with van der Waals surface area (Å²) >= 11 is 3.24. The van der Waals surface area contributed by atoms with E-state index in [-0.39, 0.29) is 11.4 Å². The van der Waals surface area contributed by atoms with E-state index in [1.165, 1.54) is 0 Å². The van der Waals surface area contributed by atoms with Gasteiger partial charge in [0.1, 0.15) is 5.82 Å². The molecule has 0 bridgehead atoms. The minimum atomic E-state index is -0.738. The van der Waals surface area contributed by atoms with Crippen molar-refractivity contribution in [1.82, 2.24) is 0 Å². The number of nitrogens with one attached hydrogen (secondary N) is 1. The van der Waals surface area contributed by atoms with E-state index in [1.54, 1.807) is 12.1 Å². The zero-order valence-electron chi connectivity index (χ0n) is 10.9. The van der Waals surface area contributed by atoms with Gasteiger partial charge in [-0.05, 0) is 41.1 Å². The Morgan fingerprint density at radius 1 is 1.29 bits per heavy atom. The average molecular weight is 353 g/mol. The van der Waals surface area contributed by atoms with Gasteiger partial charge < -0.3 is 5.32 Å². The molecule has 0 saturated heterocycles. The maximum absolute atomic E-state index is 13.6. The Labute approximate surface area is 128 Å². The summed E-state index contributed by atoms with van der Waals surface area (Å²) in [5.74, 6) is -1.29. The molecule has 7 heteroatoms. The largest absolute Gasteiger partial charge is 0.319 e. The zero-order chi connectivity index (χ0) is 15.6. The summed E-state index contributed by atoms with van der Waals surface area (Å²) < 4.78 is 14.2. The lowest BCUT2D eigenvalue weighted by molar-refractivity contribution is -0.384. The minimum absolute atomic E-state index is 0.234. The molecule has 0 fully saturated rings. The van der Waals surface area contributed by atoms with Gasteiger partial charge in [-0.3, -0.25) is 14.9 Å². The van der Waals surface area contributed by atoms with E-state index in [4.69, 9.17) is 0 Å². The molecule has 108 valence electrons. The Morgan fingerprint density at radius 3 is 2.67 bits per heavy atom. The van der Waals surface area contributed by atoms with Gasteiger partial charge in [-0.2, -0.15) is 0 Å². The maximum atomic E-state index is 13.6. The quantitative estimate of drug-likeness (QED) is 0.668. The number of nitrogens with zero attached hydrogens (tertiary/aromatic N) is 1. The number of benzene rings is 2. The molecular formula is C14H10BrFN2O3. The van der Waals surface area contributed by atoms with Crippen molar-refractivity contribution >= 4 is 33.2 Å². The lowest BCUT2D eigenvalue weighted by Crippen LogP contribution is -2.14. The first-order valence-electron chi connectivity index (χ1n) is 5.90. The van der Waals surface area contributed by atoms with Crippen molar-refractivity contribution in [3.63, 3.8) is 0 Å². The summed E-state index contributed by atoms with van der Waals surface area (Å²) in [6.07, 6.45) is 0. The second-order valence-electron chi connectivity index (χ2n) is 4.36. The number of carbonyl (C=O) groups excluding carboxylic acids is 1. The van der Waals surface area contributed by atoms with Crippen molar-refractivity contribution in [3.05, 3.63) is 67.9 Å². The highest BCUT2D eigenvalue weighted by Gasteiger charge is 2.15. The standard InChI is InChI=1S/C14H10BrFN2O3/c1-8-2-4-11(15)10(6-8)14(19)17-13-7-9(18(20)21)3-5-12(13)16/h2-7H,1H3,(H,17,19). The number of hydrogen-bond acceptors (Lipinski definition) is 3. The second-order valence-corrected chi connectivity index (χ2v) is 5.21. The second kappa shape index (κ2) is 6.01. The van der Waals surface area contributed by atoms with Crippen LogP contribution in [0.1, 0.15) is 15.9 Å². The molecule has 0 spiro atoms. The summed E-state index contributed by atoms with van der Waals surface area (Å²) in [7, 11) is 0. The normalized spacial score (nSPS) is 10.2. The van der Waals surface area contributed by atoms with Gasteiger partial charge in [0, 0.05) is 16.6 Å². The van der Waals surface area contributed by atoms with Gasteiger partial charge in [0.25, 0.3) is 11.6 Å². The molecule has 0 saturated carbocycles. The molecule has 0 aliphatic rings. The highest BCUT2D eigenvalue weighted by Crippen LogP contribution is 2.24. The third-order valence-corrected chi connectivity index (χ3v) is 3.47. The Morgan fingerprint density at radius 2 is 2.00 bits per heavy atom. The molecule has 0 aliphatic heterocycles. The molecule has 1 N–H and O–H groups in total. The monoisotopic (exact) mass is 352 g/mol. The van der Waals surface area contributed by atoms with Crippen molar-refractivity contribution in [2.75, 3.05) is 5.32 Å². The van der Waals surface area contributed by atoms with E-state index in [0.29, 0.717) is 10.0 Å². The molecule has 2 aromatic carbocycles. The van der Waals surface area contributed by atoms with Crippen molar-refractivity contribution in [2.45, 2.75) is 6.92 Å². The lowest BCUT2D eigenvalue weighted by Gasteiger charge is -2.08. The van der Waals surface area contributed by atoms with Crippen molar-refractivity contribution in [1.29, 1.82) is 0 Å². The van der Waals surface area contributed by atoms with E-state index >= 15 is 0 Å². The summed E-state index contributed by atoms with van der Waals surface area (Å²) in [6.45, 7) is 1.82. The van der Waals surface area contributed by atoms with E-state index in [1.807, 2.05) is 13.0 Å². The smallest absolute Gasteiger partial charge is 0.271 e. The molecule has 2 rings (SSSR count). The van der Waals surface area contributed by atoms with Crippen LogP contribution in [0.4, 0.5) is 15.8 Å². The predicted molar refractivity (Wildman–Crippen MR) is 79.9 cm³/mol. The third-order valence-electron chi connectivity index (χ3n) is 2.78. The van der Waals surface area contributed by atoms with Gasteiger partial charge in [0.2, 0.25) is 0 Å². The van der Waals surface area contributed by atoms with Crippen LogP contribution in [0.15, 0.2) is 40.9 Å². The Kier molecular flexibility index (Phi) is 4.32. The number of aryl methyl sites for hydroxylation is 1. The van der Waals surface area contributed by atoms with Crippen LogP contribution in [0.2, 0.25) is 0 Å². The van der Waals surface area contributed by atoms with E-state index in [9.17, 15) is 19.3 Å². The first kappa shape index (κ1) is 15.1. The number of halogens is 2. The topological polar surface area (TPSA) is 72.2 Å². The molecule has 2 aromatic rings. The first-order valence-corrected chi connectivity index (χ1v) is 6.69. The molecule has 0 atom stereocenters. The predicted octanol–water partition coefficient (Wildman–Crippen LogP) is 4.06. The number of anilines is 1. The van der Waals surface area contributed by atoms with Gasteiger partial charge in [-0.25, -0.2) is 4.39 Å². The van der Waals surface area contributed by atoms with Gasteiger partial charge in [-0.15, -0.1) is 0 Å². The van der Waals surface area contributed by atoms with Gasteiger partial charge in [0.15, 0.2) is 0 Å². The molecule has 0 aromatic heterocycles. The fourth-order valence-corrected chi connectivity index (χ4v) is 2.15. The van der Waals surface area contributed by atoms with Crippen molar-refractivity contribution in [3.8, 4) is 0 Å². The average Bonchev–Trinajstić information content (AvgIpc) is 2.43. The summed E-state index contributed by atoms with van der Waals surface area (Å²) in [5.41, 5.74) is 0.654. The van der Waals surface area contributed by atoms with E-state index in [0.717, 1.165) is 23.8 Å². The number of amides is 1. The van der Waals surface area contributed by atoms with Gasteiger partial charge >= 0.3 is 0 Å². The van der Waals surface area contributed by atoms with E-state index in [2.05, 4.69) is 21.2 Å². The Balaban J connectivity index is 2.33.